The molecule has 0 spiro atoms. The molecule has 0 radical (unpaired) electrons. The third-order valence-electron chi connectivity index (χ3n) is 4.66. The van der Waals surface area contributed by atoms with Gasteiger partial charge in [-0.25, -0.2) is 0 Å². The normalized spacial score (nSPS) is 13.2. The summed E-state index contributed by atoms with van der Waals surface area (Å²) in [5.41, 5.74) is 7.64. The highest BCUT2D eigenvalue weighted by atomic mass is 16.2. The van der Waals surface area contributed by atoms with Gasteiger partial charge < -0.3 is 16.0 Å². The fourth-order valence-corrected chi connectivity index (χ4v) is 2.83. The minimum absolute atomic E-state index is 0.0698. The number of benzene rings is 2. The first-order valence-electron chi connectivity index (χ1n) is 9.71. The van der Waals surface area contributed by atoms with E-state index in [9.17, 15) is 14.4 Å². The molecule has 6 nitrogen and oxygen atoms in total. The summed E-state index contributed by atoms with van der Waals surface area (Å²) in [6, 6.07) is 17.0. The van der Waals surface area contributed by atoms with Crippen LogP contribution in [0, 0.1) is 0 Å². The van der Waals surface area contributed by atoms with Gasteiger partial charge in [-0.1, -0.05) is 42.5 Å². The van der Waals surface area contributed by atoms with Crippen LogP contribution in [0.4, 0.5) is 0 Å². The molecule has 1 aliphatic rings. The molecule has 1 saturated carbocycles. The highest BCUT2D eigenvalue weighted by Gasteiger charge is 2.23. The molecule has 1 fully saturated rings. The molecule has 0 atom stereocenters. The zero-order valence-electron chi connectivity index (χ0n) is 16.2. The van der Waals surface area contributed by atoms with Crippen LogP contribution in [0.5, 0.6) is 0 Å². The first kappa shape index (κ1) is 20.3. The highest BCUT2D eigenvalue weighted by Crippen LogP contribution is 2.19. The molecule has 0 saturated heterocycles. The van der Waals surface area contributed by atoms with Crippen LogP contribution in [-0.4, -0.2) is 35.2 Å². The zero-order valence-corrected chi connectivity index (χ0v) is 16.2. The quantitative estimate of drug-likeness (QED) is 0.643. The van der Waals surface area contributed by atoms with Gasteiger partial charge in [0.2, 0.25) is 11.8 Å². The van der Waals surface area contributed by atoms with Crippen LogP contribution in [0.1, 0.15) is 40.7 Å². The third-order valence-corrected chi connectivity index (χ3v) is 4.66. The number of rotatable bonds is 9. The van der Waals surface area contributed by atoms with Crippen LogP contribution < -0.4 is 11.1 Å². The standard InChI is InChI=1S/C23H25N3O3/c24-21(27)14-15-26(16-18-4-2-1-3-5-18)22(28)13-8-17-6-9-19(10-7-17)23(29)25-20-11-12-20/h1-10,13,20H,11-12,14-16H2,(H2,24,27)(H,25,29)/b13-8+. The van der Waals surface area contributed by atoms with E-state index in [1.807, 2.05) is 30.3 Å². The van der Waals surface area contributed by atoms with E-state index in [-0.39, 0.29) is 24.8 Å². The second-order valence-electron chi connectivity index (χ2n) is 7.16. The number of nitrogens with one attached hydrogen (secondary N) is 1. The van der Waals surface area contributed by atoms with Crippen LogP contribution in [0.3, 0.4) is 0 Å². The van der Waals surface area contributed by atoms with E-state index < -0.39 is 5.91 Å². The van der Waals surface area contributed by atoms with Crippen LogP contribution in [-0.2, 0) is 16.1 Å². The average Bonchev–Trinajstić information content (AvgIpc) is 3.54. The van der Waals surface area contributed by atoms with Gasteiger partial charge in [0, 0.05) is 37.2 Å². The Bertz CT molecular complexity index is 887. The van der Waals surface area contributed by atoms with Gasteiger partial charge in [-0.2, -0.15) is 0 Å². The van der Waals surface area contributed by atoms with Crippen molar-refractivity contribution in [3.8, 4) is 0 Å². The molecular formula is C23H25N3O3. The van der Waals surface area contributed by atoms with Gasteiger partial charge >= 0.3 is 0 Å². The Hall–Kier alpha value is -3.41. The Morgan fingerprint density at radius 3 is 2.34 bits per heavy atom. The molecule has 2 aromatic rings. The van der Waals surface area contributed by atoms with E-state index in [2.05, 4.69) is 5.32 Å². The van der Waals surface area contributed by atoms with E-state index in [4.69, 9.17) is 5.73 Å². The molecule has 0 aromatic heterocycles. The second kappa shape index (κ2) is 9.68. The minimum atomic E-state index is -0.445. The summed E-state index contributed by atoms with van der Waals surface area (Å²) < 4.78 is 0. The smallest absolute Gasteiger partial charge is 0.251 e. The monoisotopic (exact) mass is 391 g/mol. The van der Waals surface area contributed by atoms with Crippen molar-refractivity contribution in [1.29, 1.82) is 0 Å². The van der Waals surface area contributed by atoms with Crippen molar-refractivity contribution >= 4 is 23.8 Å². The lowest BCUT2D eigenvalue weighted by atomic mass is 10.1. The van der Waals surface area contributed by atoms with Crippen molar-refractivity contribution in [1.82, 2.24) is 10.2 Å². The molecule has 6 heteroatoms. The van der Waals surface area contributed by atoms with E-state index in [1.54, 1.807) is 35.2 Å². The van der Waals surface area contributed by atoms with Gasteiger partial charge in [-0.15, -0.1) is 0 Å². The fourth-order valence-electron chi connectivity index (χ4n) is 2.83. The summed E-state index contributed by atoms with van der Waals surface area (Å²) in [5.74, 6) is -0.717. The summed E-state index contributed by atoms with van der Waals surface area (Å²) >= 11 is 0. The van der Waals surface area contributed by atoms with Gasteiger partial charge in [-0.05, 0) is 42.2 Å². The summed E-state index contributed by atoms with van der Waals surface area (Å²) in [6.07, 6.45) is 5.38. The van der Waals surface area contributed by atoms with Gasteiger partial charge in [-0.3, -0.25) is 14.4 Å². The number of nitrogens with two attached hydrogens (primary N) is 1. The lowest BCUT2D eigenvalue weighted by molar-refractivity contribution is -0.127. The van der Waals surface area contributed by atoms with Gasteiger partial charge in [0.25, 0.3) is 5.91 Å². The predicted molar refractivity (Wildman–Crippen MR) is 112 cm³/mol. The van der Waals surface area contributed by atoms with Crippen LogP contribution >= 0.6 is 0 Å². The molecule has 2 aromatic carbocycles. The topological polar surface area (TPSA) is 92.5 Å². The van der Waals surface area contributed by atoms with E-state index >= 15 is 0 Å². The number of carbonyl (C=O) groups is 3. The van der Waals surface area contributed by atoms with Crippen molar-refractivity contribution in [2.24, 2.45) is 5.73 Å². The predicted octanol–water partition coefficient (Wildman–Crippen LogP) is 2.50. The van der Waals surface area contributed by atoms with Gasteiger partial charge in [0.15, 0.2) is 0 Å². The Balaban J connectivity index is 1.63. The molecule has 3 N–H and O–H groups in total. The number of primary amides is 1. The zero-order chi connectivity index (χ0) is 20.6. The minimum Gasteiger partial charge on any atom is -0.370 e. The maximum absolute atomic E-state index is 12.7. The average molecular weight is 391 g/mol. The first-order chi connectivity index (χ1) is 14.0. The van der Waals surface area contributed by atoms with Crippen LogP contribution in [0.25, 0.3) is 6.08 Å². The Labute approximate surface area is 170 Å². The Morgan fingerprint density at radius 2 is 1.72 bits per heavy atom. The number of nitrogens with zero attached hydrogens (tertiary/aromatic N) is 1. The molecule has 29 heavy (non-hydrogen) atoms. The van der Waals surface area contributed by atoms with E-state index in [0.717, 1.165) is 24.0 Å². The lowest BCUT2D eigenvalue weighted by Crippen LogP contribution is -2.32. The van der Waals surface area contributed by atoms with Crippen molar-refractivity contribution in [2.45, 2.75) is 31.8 Å². The molecule has 0 bridgehead atoms. The highest BCUT2D eigenvalue weighted by molar-refractivity contribution is 5.95. The molecule has 0 heterocycles. The number of carbonyl (C=O) groups excluding carboxylic acids is 3. The Kier molecular flexibility index (Phi) is 6.79. The fraction of sp³-hybridized carbons (Fsp3) is 0.261. The summed E-state index contributed by atoms with van der Waals surface area (Å²) in [5, 5.41) is 2.95. The second-order valence-corrected chi connectivity index (χ2v) is 7.16. The summed E-state index contributed by atoms with van der Waals surface area (Å²) in [4.78, 5) is 37.4. The largest absolute Gasteiger partial charge is 0.370 e. The van der Waals surface area contributed by atoms with Gasteiger partial charge in [0.05, 0.1) is 0 Å². The van der Waals surface area contributed by atoms with Crippen molar-refractivity contribution in [3.63, 3.8) is 0 Å². The molecule has 3 rings (SSSR count). The first-order valence-corrected chi connectivity index (χ1v) is 9.71. The molecule has 0 unspecified atom stereocenters. The SMILES string of the molecule is NC(=O)CCN(Cc1ccccc1)C(=O)/C=C/c1ccc(C(=O)NC2CC2)cc1. The summed E-state index contributed by atoms with van der Waals surface area (Å²) in [6.45, 7) is 0.658. The number of amides is 3. The maximum Gasteiger partial charge on any atom is 0.251 e. The third kappa shape index (κ3) is 6.60. The van der Waals surface area contributed by atoms with Gasteiger partial charge in [0.1, 0.15) is 0 Å². The van der Waals surface area contributed by atoms with Crippen LogP contribution in [0.15, 0.2) is 60.7 Å². The number of hydrogen-bond acceptors (Lipinski definition) is 3. The van der Waals surface area contributed by atoms with Crippen LogP contribution in [0.2, 0.25) is 0 Å². The van der Waals surface area contributed by atoms with Crippen molar-refractivity contribution < 1.29 is 14.4 Å². The molecule has 0 aliphatic heterocycles. The Morgan fingerprint density at radius 1 is 1.03 bits per heavy atom. The molecule has 1 aliphatic carbocycles. The molecular weight excluding hydrogens is 366 g/mol. The summed E-state index contributed by atoms with van der Waals surface area (Å²) in [7, 11) is 0. The maximum atomic E-state index is 12.7. The lowest BCUT2D eigenvalue weighted by Gasteiger charge is -2.20. The van der Waals surface area contributed by atoms with Crippen molar-refractivity contribution in [2.75, 3.05) is 6.54 Å². The molecule has 150 valence electrons. The number of hydrogen-bond donors (Lipinski definition) is 2. The van der Waals surface area contributed by atoms with Crippen molar-refractivity contribution in [3.05, 3.63) is 77.4 Å². The van der Waals surface area contributed by atoms with E-state index in [1.165, 1.54) is 6.08 Å². The molecule has 3 amide bonds. The van der Waals surface area contributed by atoms with E-state index in [0.29, 0.717) is 18.2 Å².